The van der Waals surface area contributed by atoms with Gasteiger partial charge in [-0.2, -0.15) is 0 Å². The molecule has 4 nitrogen and oxygen atoms in total. The number of hydrogen-bond acceptors (Lipinski definition) is 3. The quantitative estimate of drug-likeness (QED) is 0.663. The molecule has 4 N–H and O–H groups in total. The van der Waals surface area contributed by atoms with Gasteiger partial charge in [-0.05, 0) is 12.5 Å². The maximum absolute atomic E-state index is 13.7. The number of anilines is 1. The molecular weight excluding hydrogens is 257 g/mol. The Hall–Kier alpha value is -2.18. The highest BCUT2D eigenvalue weighted by atomic mass is 19.2. The molecule has 2 rings (SSSR count). The minimum absolute atomic E-state index is 0.00774. The lowest BCUT2D eigenvalue weighted by Gasteiger charge is -2.03. The van der Waals surface area contributed by atoms with Crippen LogP contribution in [-0.4, -0.2) is 9.66 Å². The van der Waals surface area contributed by atoms with Crippen LogP contribution in [0.25, 0.3) is 11.3 Å². The van der Waals surface area contributed by atoms with Gasteiger partial charge < -0.3 is 11.6 Å². The third-order valence-electron chi connectivity index (χ3n) is 2.76. The van der Waals surface area contributed by atoms with Crippen molar-refractivity contribution in [3.63, 3.8) is 0 Å². The summed E-state index contributed by atoms with van der Waals surface area (Å²) in [6, 6.07) is 1.18. The van der Waals surface area contributed by atoms with Crippen molar-refractivity contribution < 1.29 is 13.2 Å². The fraction of sp³-hybridized carbons (Fsp3) is 0.250. The lowest BCUT2D eigenvalue weighted by molar-refractivity contribution is 0.496. The maximum Gasteiger partial charge on any atom is 0.161 e. The van der Waals surface area contributed by atoms with Crippen molar-refractivity contribution in [3.05, 3.63) is 35.4 Å². The predicted molar refractivity (Wildman–Crippen MR) is 66.1 cm³/mol. The number of benzene rings is 1. The molecule has 0 radical (unpaired) electrons. The zero-order valence-corrected chi connectivity index (χ0v) is 10.3. The van der Waals surface area contributed by atoms with Crippen LogP contribution in [0.3, 0.4) is 0 Å². The summed E-state index contributed by atoms with van der Waals surface area (Å²) in [7, 11) is 0. The van der Waals surface area contributed by atoms with E-state index in [-0.39, 0.29) is 17.1 Å². The monoisotopic (exact) mass is 270 g/mol. The SMILES string of the molecule is CCCc1nc(-c2cc(F)c(F)cc2F)c(N)n1N. The normalized spacial score (nSPS) is 10.9. The summed E-state index contributed by atoms with van der Waals surface area (Å²) in [6.07, 6.45) is 1.32. The highest BCUT2D eigenvalue weighted by Gasteiger charge is 2.19. The molecule has 0 aliphatic rings. The summed E-state index contributed by atoms with van der Waals surface area (Å²) in [6.45, 7) is 1.92. The van der Waals surface area contributed by atoms with Gasteiger partial charge >= 0.3 is 0 Å². The standard InChI is InChI=1S/C12H13F3N4/c1-2-3-10-18-11(12(16)19(10)17)6-4-8(14)9(15)5-7(6)13/h4-5H,2-3,16-17H2,1H3. The average molecular weight is 270 g/mol. The van der Waals surface area contributed by atoms with Crippen molar-refractivity contribution in [3.8, 4) is 11.3 Å². The number of nitrogens with two attached hydrogens (primary N) is 2. The first-order chi connectivity index (χ1) is 8.95. The first-order valence-electron chi connectivity index (χ1n) is 5.72. The second-order valence-electron chi connectivity index (χ2n) is 4.13. The minimum atomic E-state index is -1.26. The lowest BCUT2D eigenvalue weighted by Crippen LogP contribution is -2.15. The van der Waals surface area contributed by atoms with E-state index in [2.05, 4.69) is 4.98 Å². The number of rotatable bonds is 3. The van der Waals surface area contributed by atoms with E-state index in [1.165, 1.54) is 0 Å². The molecule has 19 heavy (non-hydrogen) atoms. The van der Waals surface area contributed by atoms with Gasteiger partial charge in [-0.25, -0.2) is 22.8 Å². The molecule has 0 aliphatic heterocycles. The van der Waals surface area contributed by atoms with Gasteiger partial charge in [0.2, 0.25) is 0 Å². The number of imidazole rings is 1. The maximum atomic E-state index is 13.7. The Morgan fingerprint density at radius 2 is 1.79 bits per heavy atom. The Bertz CT molecular complexity index is 622. The van der Waals surface area contributed by atoms with Crippen molar-refractivity contribution in [2.75, 3.05) is 11.6 Å². The zero-order chi connectivity index (χ0) is 14.2. The molecular formula is C12H13F3N4. The van der Waals surface area contributed by atoms with Gasteiger partial charge in [-0.1, -0.05) is 6.92 Å². The summed E-state index contributed by atoms with van der Waals surface area (Å²) < 4.78 is 40.9. The van der Waals surface area contributed by atoms with E-state index in [0.29, 0.717) is 18.3 Å². The van der Waals surface area contributed by atoms with Crippen LogP contribution in [0.2, 0.25) is 0 Å². The number of aryl methyl sites for hydroxylation is 1. The largest absolute Gasteiger partial charge is 0.382 e. The molecule has 1 aromatic carbocycles. The third-order valence-corrected chi connectivity index (χ3v) is 2.76. The van der Waals surface area contributed by atoms with E-state index in [9.17, 15) is 13.2 Å². The average Bonchev–Trinajstić information content (AvgIpc) is 2.63. The fourth-order valence-corrected chi connectivity index (χ4v) is 1.80. The van der Waals surface area contributed by atoms with Gasteiger partial charge in [-0.15, -0.1) is 0 Å². The van der Waals surface area contributed by atoms with Gasteiger partial charge in [0.25, 0.3) is 0 Å². The lowest BCUT2D eigenvalue weighted by atomic mass is 10.1. The number of nitrogen functional groups attached to an aromatic ring is 2. The van der Waals surface area contributed by atoms with Crippen LogP contribution >= 0.6 is 0 Å². The molecule has 2 aromatic rings. The molecule has 0 unspecified atom stereocenters. The van der Waals surface area contributed by atoms with E-state index < -0.39 is 17.5 Å². The van der Waals surface area contributed by atoms with Crippen molar-refractivity contribution >= 4 is 5.82 Å². The van der Waals surface area contributed by atoms with Crippen molar-refractivity contribution in [1.82, 2.24) is 9.66 Å². The van der Waals surface area contributed by atoms with Crippen molar-refractivity contribution in [2.24, 2.45) is 0 Å². The fourth-order valence-electron chi connectivity index (χ4n) is 1.80. The predicted octanol–water partition coefficient (Wildman–Crippen LogP) is 2.22. The molecule has 102 valence electrons. The molecule has 0 fully saturated rings. The molecule has 0 bridgehead atoms. The third kappa shape index (κ3) is 2.23. The second-order valence-corrected chi connectivity index (χ2v) is 4.13. The zero-order valence-electron chi connectivity index (χ0n) is 10.3. The van der Waals surface area contributed by atoms with Crippen LogP contribution in [0.4, 0.5) is 19.0 Å². The van der Waals surface area contributed by atoms with E-state index in [1.54, 1.807) is 0 Å². The van der Waals surface area contributed by atoms with Gasteiger partial charge in [0.15, 0.2) is 17.5 Å². The number of nitrogens with zero attached hydrogens (tertiary/aromatic N) is 2. The van der Waals surface area contributed by atoms with Crippen molar-refractivity contribution in [1.29, 1.82) is 0 Å². The van der Waals surface area contributed by atoms with Crippen LogP contribution < -0.4 is 11.6 Å². The first-order valence-corrected chi connectivity index (χ1v) is 5.72. The summed E-state index contributed by atoms with van der Waals surface area (Å²) in [5.74, 6) is 2.78. The molecule has 1 aromatic heterocycles. The van der Waals surface area contributed by atoms with Crippen LogP contribution in [0.1, 0.15) is 19.2 Å². The second kappa shape index (κ2) is 4.83. The van der Waals surface area contributed by atoms with E-state index in [1.807, 2.05) is 6.92 Å². The highest BCUT2D eigenvalue weighted by Crippen LogP contribution is 2.29. The summed E-state index contributed by atoms with van der Waals surface area (Å²) in [5.41, 5.74) is 5.52. The molecule has 0 spiro atoms. The Kier molecular flexibility index (Phi) is 3.37. The first kappa shape index (κ1) is 13.3. The Morgan fingerprint density at radius 1 is 1.16 bits per heavy atom. The Balaban J connectivity index is 2.59. The number of hydrogen-bond donors (Lipinski definition) is 2. The number of aromatic nitrogens is 2. The molecule has 7 heteroatoms. The van der Waals surface area contributed by atoms with Crippen LogP contribution in [0, 0.1) is 17.5 Å². The van der Waals surface area contributed by atoms with Crippen LogP contribution in [0.5, 0.6) is 0 Å². The van der Waals surface area contributed by atoms with E-state index >= 15 is 0 Å². The van der Waals surface area contributed by atoms with Crippen molar-refractivity contribution in [2.45, 2.75) is 19.8 Å². The molecule has 0 saturated heterocycles. The van der Waals surface area contributed by atoms with Gasteiger partial charge in [0.1, 0.15) is 17.3 Å². The molecule has 0 aliphatic carbocycles. The molecule has 0 saturated carbocycles. The highest BCUT2D eigenvalue weighted by molar-refractivity contribution is 5.71. The number of halogens is 3. The van der Waals surface area contributed by atoms with Crippen LogP contribution in [0.15, 0.2) is 12.1 Å². The van der Waals surface area contributed by atoms with E-state index in [4.69, 9.17) is 11.6 Å². The summed E-state index contributed by atoms with van der Waals surface area (Å²) >= 11 is 0. The van der Waals surface area contributed by atoms with Gasteiger partial charge in [0, 0.05) is 18.1 Å². The smallest absolute Gasteiger partial charge is 0.161 e. The summed E-state index contributed by atoms with van der Waals surface area (Å²) in [4.78, 5) is 4.08. The molecule has 0 amide bonds. The topological polar surface area (TPSA) is 69.9 Å². The minimum Gasteiger partial charge on any atom is -0.382 e. The van der Waals surface area contributed by atoms with Gasteiger partial charge in [0.05, 0.1) is 0 Å². The summed E-state index contributed by atoms with van der Waals surface area (Å²) in [5, 5.41) is 0. The molecule has 0 atom stereocenters. The Labute approximate surface area is 107 Å². The molecule has 1 heterocycles. The Morgan fingerprint density at radius 3 is 2.42 bits per heavy atom. The van der Waals surface area contributed by atoms with Crippen LogP contribution in [-0.2, 0) is 6.42 Å². The van der Waals surface area contributed by atoms with Gasteiger partial charge in [-0.3, -0.25) is 0 Å². The van der Waals surface area contributed by atoms with E-state index in [0.717, 1.165) is 17.2 Å².